The number of carbonyl (C=O) groups is 1. The summed E-state index contributed by atoms with van der Waals surface area (Å²) < 4.78 is 0. The molecule has 3 heteroatoms. The summed E-state index contributed by atoms with van der Waals surface area (Å²) in [5.41, 5.74) is -0.151. The van der Waals surface area contributed by atoms with Crippen LogP contribution in [0, 0.1) is 11.3 Å². The average molecular weight is 213 g/mol. The van der Waals surface area contributed by atoms with Gasteiger partial charge < -0.3 is 14.8 Å². The van der Waals surface area contributed by atoms with Crippen molar-refractivity contribution in [3.05, 3.63) is 0 Å². The molecule has 88 valence electrons. The second kappa shape index (κ2) is 5.61. The zero-order chi connectivity index (χ0) is 11.3. The molecule has 0 spiro atoms. The molecule has 0 aliphatic heterocycles. The molecule has 1 saturated carbocycles. The number of nitrogens with zero attached hydrogens (tertiary/aromatic N) is 1. The van der Waals surface area contributed by atoms with E-state index in [1.807, 2.05) is 7.05 Å². The van der Waals surface area contributed by atoms with Crippen LogP contribution in [0.4, 0.5) is 0 Å². The summed E-state index contributed by atoms with van der Waals surface area (Å²) >= 11 is 0. The minimum atomic E-state index is -0.151. The van der Waals surface area contributed by atoms with Gasteiger partial charge in [-0.15, -0.1) is 0 Å². The molecule has 0 amide bonds. The Morgan fingerprint density at radius 3 is 2.87 bits per heavy atom. The van der Waals surface area contributed by atoms with Gasteiger partial charge in [-0.25, -0.2) is 0 Å². The van der Waals surface area contributed by atoms with Crippen LogP contribution in [0.25, 0.3) is 0 Å². The number of carbonyl (C=O) groups excluding carboxylic acids is 1. The summed E-state index contributed by atoms with van der Waals surface area (Å²) in [7, 11) is 1.97. The monoisotopic (exact) mass is 213 g/mol. The van der Waals surface area contributed by atoms with Crippen LogP contribution >= 0.6 is 0 Å². The number of hydrogen-bond acceptors (Lipinski definition) is 3. The van der Waals surface area contributed by atoms with Crippen molar-refractivity contribution in [1.82, 2.24) is 4.90 Å². The molecule has 1 aliphatic rings. The van der Waals surface area contributed by atoms with Crippen LogP contribution in [0.3, 0.4) is 0 Å². The van der Waals surface area contributed by atoms with Crippen LogP contribution in [0.2, 0.25) is 0 Å². The lowest BCUT2D eigenvalue weighted by Crippen LogP contribution is -2.41. The molecule has 0 radical (unpaired) electrons. The van der Waals surface area contributed by atoms with Crippen LogP contribution in [0.1, 0.15) is 32.6 Å². The van der Waals surface area contributed by atoms with Crippen molar-refractivity contribution < 1.29 is 9.90 Å². The molecule has 0 aromatic heterocycles. The summed E-state index contributed by atoms with van der Waals surface area (Å²) in [6, 6.07) is 0. The fraction of sp³-hybridized carbons (Fsp3) is 0.917. The normalized spacial score (nSPS) is 31.9. The van der Waals surface area contributed by atoms with E-state index in [1.165, 1.54) is 6.42 Å². The van der Waals surface area contributed by atoms with Crippen molar-refractivity contribution in [3.63, 3.8) is 0 Å². The highest BCUT2D eigenvalue weighted by Gasteiger charge is 2.35. The molecule has 0 heterocycles. The summed E-state index contributed by atoms with van der Waals surface area (Å²) in [6.07, 6.45) is 5.57. The maximum atomic E-state index is 11.3. The van der Waals surface area contributed by atoms with Gasteiger partial charge in [-0.1, -0.05) is 19.8 Å². The third-order valence-corrected chi connectivity index (χ3v) is 3.44. The molecule has 2 unspecified atom stereocenters. The van der Waals surface area contributed by atoms with Gasteiger partial charge in [0.25, 0.3) is 0 Å². The number of likely N-dealkylation sites (N-methyl/N-ethyl adjacent to an activating group) is 1. The van der Waals surface area contributed by atoms with Gasteiger partial charge in [0.1, 0.15) is 6.29 Å². The molecular weight excluding hydrogens is 190 g/mol. The molecule has 0 aromatic carbocycles. The first kappa shape index (κ1) is 12.7. The van der Waals surface area contributed by atoms with Crippen LogP contribution in [-0.4, -0.2) is 43.0 Å². The molecule has 0 aromatic rings. The van der Waals surface area contributed by atoms with E-state index >= 15 is 0 Å². The van der Waals surface area contributed by atoms with Crippen LogP contribution < -0.4 is 0 Å². The van der Waals surface area contributed by atoms with E-state index in [-0.39, 0.29) is 12.0 Å². The standard InChI is InChI=1S/C12H23NO2/c1-11-4-3-5-12(8-11,10-15)9-13(2)6-7-14/h10-11,14H,3-9H2,1-2H3. The summed E-state index contributed by atoms with van der Waals surface area (Å²) in [6.45, 7) is 3.84. The second-order valence-electron chi connectivity index (χ2n) is 5.14. The minimum Gasteiger partial charge on any atom is -0.395 e. The molecule has 1 fully saturated rings. The summed E-state index contributed by atoms with van der Waals surface area (Å²) in [4.78, 5) is 13.3. The van der Waals surface area contributed by atoms with E-state index in [1.54, 1.807) is 0 Å². The predicted molar refractivity (Wildman–Crippen MR) is 60.7 cm³/mol. The second-order valence-corrected chi connectivity index (χ2v) is 5.14. The molecule has 1 N–H and O–H groups in total. The maximum Gasteiger partial charge on any atom is 0.127 e. The van der Waals surface area contributed by atoms with E-state index in [9.17, 15) is 4.79 Å². The Bertz CT molecular complexity index is 208. The quantitative estimate of drug-likeness (QED) is 0.700. The van der Waals surface area contributed by atoms with Crippen molar-refractivity contribution in [1.29, 1.82) is 0 Å². The maximum absolute atomic E-state index is 11.3. The Hall–Kier alpha value is -0.410. The first-order valence-corrected chi connectivity index (χ1v) is 5.87. The lowest BCUT2D eigenvalue weighted by atomic mass is 9.71. The van der Waals surface area contributed by atoms with Gasteiger partial charge in [-0.05, 0) is 25.8 Å². The number of hydrogen-bond donors (Lipinski definition) is 1. The highest BCUT2D eigenvalue weighted by molar-refractivity contribution is 5.60. The van der Waals surface area contributed by atoms with Gasteiger partial charge in [0.2, 0.25) is 0 Å². The summed E-state index contributed by atoms with van der Waals surface area (Å²) in [5.74, 6) is 0.659. The van der Waals surface area contributed by atoms with Gasteiger partial charge >= 0.3 is 0 Å². The van der Waals surface area contributed by atoms with Crippen LogP contribution in [0.15, 0.2) is 0 Å². The van der Waals surface area contributed by atoms with Crippen molar-refractivity contribution in [3.8, 4) is 0 Å². The summed E-state index contributed by atoms with van der Waals surface area (Å²) in [5, 5.41) is 8.84. The fourth-order valence-corrected chi connectivity index (χ4v) is 2.78. The van der Waals surface area contributed by atoms with Crippen molar-refractivity contribution in [2.45, 2.75) is 32.6 Å². The lowest BCUT2D eigenvalue weighted by molar-refractivity contribution is -0.119. The van der Waals surface area contributed by atoms with Gasteiger partial charge in [0.15, 0.2) is 0 Å². The fourth-order valence-electron chi connectivity index (χ4n) is 2.78. The van der Waals surface area contributed by atoms with Crippen molar-refractivity contribution in [2.75, 3.05) is 26.7 Å². The lowest BCUT2D eigenvalue weighted by Gasteiger charge is -2.38. The first-order valence-electron chi connectivity index (χ1n) is 5.87. The SMILES string of the molecule is CC1CCCC(C=O)(CN(C)CCO)C1. The Balaban J connectivity index is 2.55. The largest absolute Gasteiger partial charge is 0.395 e. The Kier molecular flexibility index (Phi) is 4.74. The van der Waals surface area contributed by atoms with Gasteiger partial charge in [-0.2, -0.15) is 0 Å². The molecule has 2 atom stereocenters. The van der Waals surface area contributed by atoms with Gasteiger partial charge in [-0.3, -0.25) is 0 Å². The van der Waals surface area contributed by atoms with Crippen molar-refractivity contribution >= 4 is 6.29 Å². The van der Waals surface area contributed by atoms with E-state index in [4.69, 9.17) is 5.11 Å². The molecule has 1 rings (SSSR count). The third kappa shape index (κ3) is 3.58. The number of aldehydes is 1. The van der Waals surface area contributed by atoms with E-state index in [0.717, 1.165) is 32.1 Å². The average Bonchev–Trinajstić information content (AvgIpc) is 2.18. The number of rotatable bonds is 5. The molecule has 0 bridgehead atoms. The zero-order valence-corrected chi connectivity index (χ0v) is 9.91. The highest BCUT2D eigenvalue weighted by atomic mass is 16.3. The number of aliphatic hydroxyl groups excluding tert-OH is 1. The van der Waals surface area contributed by atoms with Crippen LogP contribution in [-0.2, 0) is 4.79 Å². The smallest absolute Gasteiger partial charge is 0.127 e. The Labute approximate surface area is 92.5 Å². The topological polar surface area (TPSA) is 40.5 Å². The molecule has 0 saturated heterocycles. The van der Waals surface area contributed by atoms with Gasteiger partial charge in [0, 0.05) is 18.5 Å². The Morgan fingerprint density at radius 2 is 2.33 bits per heavy atom. The van der Waals surface area contributed by atoms with Crippen molar-refractivity contribution in [2.24, 2.45) is 11.3 Å². The van der Waals surface area contributed by atoms with E-state index < -0.39 is 0 Å². The van der Waals surface area contributed by atoms with E-state index in [2.05, 4.69) is 11.8 Å². The van der Waals surface area contributed by atoms with Gasteiger partial charge in [0.05, 0.1) is 6.61 Å². The molecular formula is C12H23NO2. The molecule has 1 aliphatic carbocycles. The number of aliphatic hydroxyl groups is 1. The Morgan fingerprint density at radius 1 is 1.60 bits per heavy atom. The third-order valence-electron chi connectivity index (χ3n) is 3.44. The highest BCUT2D eigenvalue weighted by Crippen LogP contribution is 2.38. The van der Waals surface area contributed by atoms with Crippen LogP contribution in [0.5, 0.6) is 0 Å². The molecule has 3 nitrogen and oxygen atoms in total. The molecule has 15 heavy (non-hydrogen) atoms. The predicted octanol–water partition coefficient (Wildman–Crippen LogP) is 1.31. The minimum absolute atomic E-state index is 0.151. The zero-order valence-electron chi connectivity index (χ0n) is 9.91. The first-order chi connectivity index (χ1) is 7.12. The van der Waals surface area contributed by atoms with E-state index in [0.29, 0.717) is 12.5 Å².